The largest absolute Gasteiger partial charge is 0.493 e. The summed E-state index contributed by atoms with van der Waals surface area (Å²) in [6.45, 7) is 8.87. The molecule has 0 bridgehead atoms. The molecular formula is C24H34IN5O2. The number of amides is 2. The molecule has 0 unspecified atom stereocenters. The first kappa shape index (κ1) is 25.8. The molecule has 1 aliphatic heterocycles. The molecule has 2 aromatic rings. The van der Waals surface area contributed by atoms with Crippen molar-refractivity contribution >= 4 is 41.7 Å². The van der Waals surface area contributed by atoms with Gasteiger partial charge in [-0.05, 0) is 62.1 Å². The van der Waals surface area contributed by atoms with Crippen molar-refractivity contribution in [3.05, 3.63) is 59.2 Å². The van der Waals surface area contributed by atoms with E-state index in [0.29, 0.717) is 6.54 Å². The van der Waals surface area contributed by atoms with Gasteiger partial charge in [0.25, 0.3) is 0 Å². The smallest absolute Gasteiger partial charge is 0.319 e. The van der Waals surface area contributed by atoms with Crippen LogP contribution in [0.2, 0.25) is 0 Å². The lowest BCUT2D eigenvalue weighted by Gasteiger charge is -2.12. The van der Waals surface area contributed by atoms with Crippen molar-refractivity contribution in [2.45, 2.75) is 46.2 Å². The third-order valence-electron chi connectivity index (χ3n) is 4.86. The summed E-state index contributed by atoms with van der Waals surface area (Å²) in [5.41, 5.74) is 4.44. The van der Waals surface area contributed by atoms with E-state index in [-0.39, 0.29) is 36.0 Å². The number of guanidine groups is 1. The Morgan fingerprint density at radius 1 is 1.09 bits per heavy atom. The number of aliphatic imine (C=N–C) groups is 1. The fraction of sp³-hybridized carbons (Fsp3) is 0.417. The standard InChI is InChI=1S/C24H33N5O2.HI/c1-4-25-23(26-13-11-18-7-10-22-20(15-18)12-14-31-22)27-16-19-5-8-21(9-6-19)29-24(30)28-17(2)3;/h5-10,15,17H,4,11-14,16H2,1-3H3,(H2,25,26,27)(H2,28,29,30);1H. The molecule has 8 heteroatoms. The second-order valence-corrected chi connectivity index (χ2v) is 7.86. The molecule has 1 aliphatic rings. The lowest BCUT2D eigenvalue weighted by atomic mass is 10.1. The van der Waals surface area contributed by atoms with E-state index in [9.17, 15) is 4.79 Å². The zero-order chi connectivity index (χ0) is 22.1. The molecule has 0 saturated carbocycles. The Morgan fingerprint density at radius 3 is 2.56 bits per heavy atom. The van der Waals surface area contributed by atoms with Crippen molar-refractivity contribution in [2.24, 2.45) is 4.99 Å². The summed E-state index contributed by atoms with van der Waals surface area (Å²) in [6.07, 6.45) is 1.92. The van der Waals surface area contributed by atoms with Gasteiger partial charge in [0.05, 0.1) is 13.2 Å². The Morgan fingerprint density at radius 2 is 1.84 bits per heavy atom. The van der Waals surface area contributed by atoms with Gasteiger partial charge in [0.15, 0.2) is 5.96 Å². The van der Waals surface area contributed by atoms with Gasteiger partial charge in [0.2, 0.25) is 0 Å². The van der Waals surface area contributed by atoms with Crippen LogP contribution in [0.3, 0.4) is 0 Å². The molecule has 0 spiro atoms. The minimum atomic E-state index is -0.199. The molecule has 0 saturated heterocycles. The fourth-order valence-electron chi connectivity index (χ4n) is 3.36. The third kappa shape index (κ3) is 8.22. The highest BCUT2D eigenvalue weighted by atomic mass is 127. The first-order chi connectivity index (χ1) is 15.0. The zero-order valence-electron chi connectivity index (χ0n) is 19.0. The average molecular weight is 551 g/mol. The quantitative estimate of drug-likeness (QED) is 0.227. The van der Waals surface area contributed by atoms with Gasteiger partial charge in [0.1, 0.15) is 5.75 Å². The molecule has 2 aromatic carbocycles. The number of ether oxygens (including phenoxy) is 1. The number of benzene rings is 2. The number of anilines is 1. The summed E-state index contributed by atoms with van der Waals surface area (Å²) in [5.74, 6) is 1.82. The lowest BCUT2D eigenvalue weighted by molar-refractivity contribution is 0.250. The number of hydrogen-bond acceptors (Lipinski definition) is 3. The number of halogens is 1. The molecular weight excluding hydrogens is 517 g/mol. The number of rotatable bonds is 8. The van der Waals surface area contributed by atoms with Crippen LogP contribution in [0.5, 0.6) is 5.75 Å². The second kappa shape index (κ2) is 13.1. The maximum atomic E-state index is 11.8. The highest BCUT2D eigenvalue weighted by molar-refractivity contribution is 14.0. The molecule has 1 heterocycles. The SMILES string of the molecule is CCNC(=NCc1ccc(NC(=O)NC(C)C)cc1)NCCc1ccc2c(c1)CCO2.I. The van der Waals surface area contributed by atoms with Gasteiger partial charge >= 0.3 is 6.03 Å². The number of hydrogen-bond donors (Lipinski definition) is 4. The maximum absolute atomic E-state index is 11.8. The number of carbonyl (C=O) groups excluding carboxylic acids is 1. The summed E-state index contributed by atoms with van der Waals surface area (Å²) in [4.78, 5) is 16.5. The number of carbonyl (C=O) groups is 1. The molecule has 32 heavy (non-hydrogen) atoms. The average Bonchev–Trinajstić information content (AvgIpc) is 3.20. The second-order valence-electron chi connectivity index (χ2n) is 7.86. The van der Waals surface area contributed by atoms with Gasteiger partial charge in [0, 0.05) is 31.2 Å². The van der Waals surface area contributed by atoms with Gasteiger partial charge in [-0.2, -0.15) is 0 Å². The Hall–Kier alpha value is -2.49. The van der Waals surface area contributed by atoms with Gasteiger partial charge in [-0.25, -0.2) is 9.79 Å². The summed E-state index contributed by atoms with van der Waals surface area (Å²) in [7, 11) is 0. The molecule has 2 amide bonds. The normalized spacial score (nSPS) is 12.4. The molecule has 4 N–H and O–H groups in total. The Bertz CT molecular complexity index is 900. The number of fused-ring (bicyclic) bond motifs is 1. The first-order valence-corrected chi connectivity index (χ1v) is 11.0. The summed E-state index contributed by atoms with van der Waals surface area (Å²) in [6, 6.07) is 14.1. The maximum Gasteiger partial charge on any atom is 0.319 e. The van der Waals surface area contributed by atoms with E-state index in [1.807, 2.05) is 38.1 Å². The highest BCUT2D eigenvalue weighted by Crippen LogP contribution is 2.25. The molecule has 3 rings (SSSR count). The van der Waals surface area contributed by atoms with Crippen LogP contribution in [0.1, 0.15) is 37.5 Å². The van der Waals surface area contributed by atoms with E-state index >= 15 is 0 Å². The van der Waals surface area contributed by atoms with Crippen molar-refractivity contribution in [1.82, 2.24) is 16.0 Å². The molecule has 0 radical (unpaired) electrons. The van der Waals surface area contributed by atoms with Crippen LogP contribution >= 0.6 is 24.0 Å². The van der Waals surface area contributed by atoms with Crippen molar-refractivity contribution in [2.75, 3.05) is 25.0 Å². The molecule has 0 atom stereocenters. The van der Waals surface area contributed by atoms with Gasteiger partial charge in [-0.1, -0.05) is 24.3 Å². The van der Waals surface area contributed by atoms with Gasteiger partial charge in [-0.3, -0.25) is 0 Å². The third-order valence-corrected chi connectivity index (χ3v) is 4.86. The summed E-state index contributed by atoms with van der Waals surface area (Å²) < 4.78 is 5.57. The van der Waals surface area contributed by atoms with Crippen LogP contribution in [0.15, 0.2) is 47.5 Å². The van der Waals surface area contributed by atoms with Crippen LogP contribution in [-0.2, 0) is 19.4 Å². The van der Waals surface area contributed by atoms with Gasteiger partial charge in [-0.15, -0.1) is 24.0 Å². The first-order valence-electron chi connectivity index (χ1n) is 11.0. The molecule has 0 fully saturated rings. The lowest BCUT2D eigenvalue weighted by Crippen LogP contribution is -2.38. The van der Waals surface area contributed by atoms with Crippen LogP contribution in [0.25, 0.3) is 0 Å². The Kier molecular flexibility index (Phi) is 10.6. The van der Waals surface area contributed by atoms with Gasteiger partial charge < -0.3 is 26.0 Å². The van der Waals surface area contributed by atoms with Crippen LogP contribution in [0, 0.1) is 0 Å². The Balaban J connectivity index is 0.00000363. The van der Waals surface area contributed by atoms with E-state index in [1.165, 1.54) is 11.1 Å². The van der Waals surface area contributed by atoms with E-state index in [0.717, 1.165) is 55.5 Å². The fourth-order valence-corrected chi connectivity index (χ4v) is 3.36. The predicted octanol–water partition coefficient (Wildman–Crippen LogP) is 4.07. The topological polar surface area (TPSA) is 86.8 Å². The van der Waals surface area contributed by atoms with Crippen molar-refractivity contribution in [3.8, 4) is 5.75 Å². The molecule has 7 nitrogen and oxygen atoms in total. The van der Waals surface area contributed by atoms with Crippen molar-refractivity contribution in [3.63, 3.8) is 0 Å². The summed E-state index contributed by atoms with van der Waals surface area (Å²) >= 11 is 0. The summed E-state index contributed by atoms with van der Waals surface area (Å²) in [5, 5.41) is 12.3. The highest BCUT2D eigenvalue weighted by Gasteiger charge is 2.11. The number of nitrogens with zero attached hydrogens (tertiary/aromatic N) is 1. The Labute approximate surface area is 207 Å². The molecule has 0 aliphatic carbocycles. The van der Waals surface area contributed by atoms with Crippen LogP contribution < -0.4 is 26.0 Å². The molecule has 174 valence electrons. The van der Waals surface area contributed by atoms with E-state index in [1.54, 1.807) is 0 Å². The van der Waals surface area contributed by atoms with Crippen molar-refractivity contribution < 1.29 is 9.53 Å². The number of nitrogens with one attached hydrogen (secondary N) is 4. The monoisotopic (exact) mass is 551 g/mol. The zero-order valence-corrected chi connectivity index (χ0v) is 21.4. The van der Waals surface area contributed by atoms with E-state index < -0.39 is 0 Å². The van der Waals surface area contributed by atoms with Crippen LogP contribution in [0.4, 0.5) is 10.5 Å². The van der Waals surface area contributed by atoms with Crippen molar-refractivity contribution in [1.29, 1.82) is 0 Å². The van der Waals surface area contributed by atoms with E-state index in [2.05, 4.69) is 51.4 Å². The predicted molar refractivity (Wildman–Crippen MR) is 141 cm³/mol. The van der Waals surface area contributed by atoms with E-state index in [4.69, 9.17) is 4.74 Å². The number of urea groups is 1. The minimum absolute atomic E-state index is 0. The minimum Gasteiger partial charge on any atom is -0.493 e. The van der Waals surface area contributed by atoms with Crippen LogP contribution in [-0.4, -0.2) is 37.7 Å². The molecule has 0 aromatic heterocycles.